The van der Waals surface area contributed by atoms with Gasteiger partial charge >= 0.3 is 11.9 Å². The van der Waals surface area contributed by atoms with E-state index in [1.165, 1.54) is 62.6 Å². The van der Waals surface area contributed by atoms with E-state index < -0.39 is 0 Å². The zero-order chi connectivity index (χ0) is 24.3. The highest BCUT2D eigenvalue weighted by molar-refractivity contribution is 5.69. The molecule has 0 saturated carbocycles. The fraction of sp³-hybridized carbons (Fsp3) is 0.786. The number of unbranched alkanes of at least 4 members (excludes halogenated alkanes) is 8. The van der Waals surface area contributed by atoms with Gasteiger partial charge in [-0.3, -0.25) is 9.59 Å². The van der Waals surface area contributed by atoms with E-state index in [-0.39, 0.29) is 11.9 Å². The summed E-state index contributed by atoms with van der Waals surface area (Å²) in [6.45, 7) is 4.50. The van der Waals surface area contributed by atoms with Crippen LogP contribution in [0.5, 0.6) is 0 Å². The number of furan rings is 1. The molecule has 5 nitrogen and oxygen atoms in total. The van der Waals surface area contributed by atoms with Gasteiger partial charge in [0.25, 0.3) is 0 Å². The first-order valence-corrected chi connectivity index (χ1v) is 13.3. The Morgan fingerprint density at radius 3 is 1.33 bits per heavy atom. The number of rotatable bonds is 20. The maximum Gasteiger partial charge on any atom is 0.305 e. The Bertz CT molecular complexity index is 607. The van der Waals surface area contributed by atoms with E-state index >= 15 is 0 Å². The smallest absolute Gasteiger partial charge is 0.305 e. The van der Waals surface area contributed by atoms with Gasteiger partial charge in [0.05, 0.1) is 14.2 Å². The van der Waals surface area contributed by atoms with Gasteiger partial charge < -0.3 is 13.9 Å². The Balaban J connectivity index is 2.68. The third-order valence-corrected chi connectivity index (χ3v) is 6.37. The van der Waals surface area contributed by atoms with E-state index in [2.05, 4.69) is 13.8 Å². The number of carbonyl (C=O) groups excluding carboxylic acids is 2. The highest BCUT2D eigenvalue weighted by Crippen LogP contribution is 2.29. The third kappa shape index (κ3) is 12.3. The normalized spacial score (nSPS) is 11.0. The molecule has 0 aliphatic carbocycles. The van der Waals surface area contributed by atoms with Crippen LogP contribution < -0.4 is 0 Å². The van der Waals surface area contributed by atoms with Gasteiger partial charge in [0.2, 0.25) is 0 Å². The SMILES string of the molecule is CCCCc1c(CCCCCCC(=O)OC)oc(CCCCCCC(=O)OC)c1CCCC. The third-order valence-electron chi connectivity index (χ3n) is 6.37. The van der Waals surface area contributed by atoms with E-state index in [4.69, 9.17) is 13.9 Å². The molecule has 0 spiro atoms. The average molecular weight is 465 g/mol. The Labute approximate surface area is 202 Å². The van der Waals surface area contributed by atoms with Gasteiger partial charge in [-0.2, -0.15) is 0 Å². The number of ether oxygens (including phenoxy) is 2. The van der Waals surface area contributed by atoms with Crippen molar-refractivity contribution in [1.82, 2.24) is 0 Å². The molecule has 0 N–H and O–H groups in total. The molecule has 0 aromatic carbocycles. The molecule has 0 saturated heterocycles. The molecule has 0 radical (unpaired) electrons. The zero-order valence-electron chi connectivity index (χ0n) is 21.8. The van der Waals surface area contributed by atoms with Gasteiger partial charge in [-0.05, 0) is 62.5 Å². The summed E-state index contributed by atoms with van der Waals surface area (Å²) < 4.78 is 16.0. The summed E-state index contributed by atoms with van der Waals surface area (Å²) in [4.78, 5) is 22.5. The van der Waals surface area contributed by atoms with Crippen molar-refractivity contribution in [2.24, 2.45) is 0 Å². The largest absolute Gasteiger partial charge is 0.469 e. The lowest BCUT2D eigenvalue weighted by molar-refractivity contribution is -0.141. The average Bonchev–Trinajstić information content (AvgIpc) is 3.15. The molecule has 0 unspecified atom stereocenters. The van der Waals surface area contributed by atoms with Crippen LogP contribution in [-0.4, -0.2) is 26.2 Å². The van der Waals surface area contributed by atoms with Crippen LogP contribution in [0.2, 0.25) is 0 Å². The number of hydrogen-bond acceptors (Lipinski definition) is 5. The van der Waals surface area contributed by atoms with Gasteiger partial charge in [0.1, 0.15) is 11.5 Å². The van der Waals surface area contributed by atoms with Crippen molar-refractivity contribution in [3.8, 4) is 0 Å². The second-order valence-electron chi connectivity index (χ2n) is 9.09. The van der Waals surface area contributed by atoms with E-state index in [1.807, 2.05) is 0 Å². The van der Waals surface area contributed by atoms with Gasteiger partial charge in [-0.15, -0.1) is 0 Å². The van der Waals surface area contributed by atoms with Gasteiger partial charge in [-0.25, -0.2) is 0 Å². The second kappa shape index (κ2) is 18.6. The predicted molar refractivity (Wildman–Crippen MR) is 134 cm³/mol. The predicted octanol–water partition coefficient (Wildman–Crippen LogP) is 7.30. The summed E-state index contributed by atoms with van der Waals surface area (Å²) in [5.41, 5.74) is 2.97. The number of aryl methyl sites for hydroxylation is 2. The molecule has 0 amide bonds. The molecular weight excluding hydrogens is 416 g/mol. The van der Waals surface area contributed by atoms with Crippen LogP contribution in [0.15, 0.2) is 4.42 Å². The lowest BCUT2D eigenvalue weighted by atomic mass is 9.95. The molecule has 33 heavy (non-hydrogen) atoms. The minimum atomic E-state index is -0.113. The van der Waals surface area contributed by atoms with Crippen molar-refractivity contribution < 1.29 is 23.5 Å². The van der Waals surface area contributed by atoms with Crippen molar-refractivity contribution in [1.29, 1.82) is 0 Å². The first-order valence-electron chi connectivity index (χ1n) is 13.3. The summed E-state index contributed by atoms with van der Waals surface area (Å²) in [5.74, 6) is 2.20. The minimum Gasteiger partial charge on any atom is -0.469 e. The minimum absolute atomic E-state index is 0.113. The lowest BCUT2D eigenvalue weighted by Crippen LogP contribution is -2.00. The van der Waals surface area contributed by atoms with Crippen LogP contribution in [0.3, 0.4) is 0 Å². The number of methoxy groups -OCH3 is 2. The van der Waals surface area contributed by atoms with Crippen LogP contribution in [0.25, 0.3) is 0 Å². The molecule has 0 aliphatic heterocycles. The zero-order valence-corrected chi connectivity index (χ0v) is 21.8. The van der Waals surface area contributed by atoms with Gasteiger partial charge in [-0.1, -0.05) is 52.4 Å². The number of hydrogen-bond donors (Lipinski definition) is 0. The Kier molecular flexibility index (Phi) is 16.5. The maximum atomic E-state index is 11.3. The molecule has 1 heterocycles. The molecule has 5 heteroatoms. The van der Waals surface area contributed by atoms with Gasteiger partial charge in [0.15, 0.2) is 0 Å². The lowest BCUT2D eigenvalue weighted by Gasteiger charge is -2.07. The molecule has 0 aliphatic rings. The highest BCUT2D eigenvalue weighted by atomic mass is 16.5. The van der Waals surface area contributed by atoms with Crippen LogP contribution >= 0.6 is 0 Å². The summed E-state index contributed by atoms with van der Waals surface area (Å²) in [7, 11) is 2.90. The monoisotopic (exact) mass is 464 g/mol. The summed E-state index contributed by atoms with van der Waals surface area (Å²) >= 11 is 0. The van der Waals surface area contributed by atoms with Gasteiger partial charge in [0, 0.05) is 25.7 Å². The summed E-state index contributed by atoms with van der Waals surface area (Å²) in [6, 6.07) is 0. The number of carbonyl (C=O) groups is 2. The first kappa shape index (κ1) is 29.3. The standard InChI is InChI=1S/C28H48O5/c1-5-7-17-23-24(18-8-6-2)26(20-14-10-12-16-22-28(30)32-4)33-25(23)19-13-9-11-15-21-27(29)31-3/h5-22H2,1-4H3. The van der Waals surface area contributed by atoms with Crippen molar-refractivity contribution in [2.45, 2.75) is 129 Å². The van der Waals surface area contributed by atoms with E-state index in [0.717, 1.165) is 77.0 Å². The molecule has 1 aromatic heterocycles. The Morgan fingerprint density at radius 2 is 0.970 bits per heavy atom. The summed E-state index contributed by atoms with van der Waals surface area (Å²) in [5, 5.41) is 0. The molecular formula is C28H48O5. The number of esters is 2. The Hall–Kier alpha value is -1.78. The van der Waals surface area contributed by atoms with E-state index in [0.29, 0.717) is 12.8 Å². The topological polar surface area (TPSA) is 65.7 Å². The maximum absolute atomic E-state index is 11.3. The molecule has 190 valence electrons. The highest BCUT2D eigenvalue weighted by Gasteiger charge is 2.19. The van der Waals surface area contributed by atoms with Crippen molar-refractivity contribution >= 4 is 11.9 Å². The van der Waals surface area contributed by atoms with Crippen molar-refractivity contribution in [2.75, 3.05) is 14.2 Å². The van der Waals surface area contributed by atoms with E-state index in [1.54, 1.807) is 0 Å². The second-order valence-corrected chi connectivity index (χ2v) is 9.09. The van der Waals surface area contributed by atoms with Crippen LogP contribution in [-0.2, 0) is 44.7 Å². The van der Waals surface area contributed by atoms with Crippen molar-refractivity contribution in [3.63, 3.8) is 0 Å². The molecule has 1 aromatic rings. The molecule has 0 bridgehead atoms. The molecule has 0 fully saturated rings. The van der Waals surface area contributed by atoms with E-state index in [9.17, 15) is 9.59 Å². The summed E-state index contributed by atoms with van der Waals surface area (Å²) in [6.07, 6.45) is 18.4. The molecule has 0 atom stereocenters. The van der Waals surface area contributed by atoms with Crippen LogP contribution in [0.1, 0.15) is 126 Å². The van der Waals surface area contributed by atoms with Crippen molar-refractivity contribution in [3.05, 3.63) is 22.6 Å². The fourth-order valence-corrected chi connectivity index (χ4v) is 4.32. The first-order chi connectivity index (χ1) is 16.1. The van der Waals surface area contributed by atoms with Crippen LogP contribution in [0.4, 0.5) is 0 Å². The quantitative estimate of drug-likeness (QED) is 0.150. The fourth-order valence-electron chi connectivity index (χ4n) is 4.32. The molecule has 1 rings (SSSR count). The Morgan fingerprint density at radius 1 is 0.576 bits per heavy atom. The van der Waals surface area contributed by atoms with Crippen LogP contribution in [0, 0.1) is 0 Å².